The number of fused-ring (bicyclic) bond motifs is 1. The van der Waals surface area contributed by atoms with E-state index in [0.29, 0.717) is 0 Å². The predicted molar refractivity (Wildman–Crippen MR) is 51.3 cm³/mol. The fourth-order valence-electron chi connectivity index (χ4n) is 1.78. The number of hydrogen-bond acceptors (Lipinski definition) is 6. The molecule has 16 heavy (non-hydrogen) atoms. The first-order valence-electron chi connectivity index (χ1n) is 5.23. The summed E-state index contributed by atoms with van der Waals surface area (Å²) in [5, 5.41) is 8.93. The summed E-state index contributed by atoms with van der Waals surface area (Å²) in [4.78, 5) is 11.8. The summed E-state index contributed by atoms with van der Waals surface area (Å²) in [6.07, 6.45) is -2.99. The van der Waals surface area contributed by atoms with Crippen molar-refractivity contribution in [3.05, 3.63) is 0 Å². The topological polar surface area (TPSA) is 74.2 Å². The van der Waals surface area contributed by atoms with E-state index in [1.54, 1.807) is 13.8 Å². The highest BCUT2D eigenvalue weighted by molar-refractivity contribution is 5.90. The van der Waals surface area contributed by atoms with Crippen molar-refractivity contribution in [1.29, 1.82) is 0 Å². The van der Waals surface area contributed by atoms with Crippen molar-refractivity contribution in [3.63, 3.8) is 0 Å². The Labute approximate surface area is 93.4 Å². The fourth-order valence-corrected chi connectivity index (χ4v) is 1.78. The van der Waals surface area contributed by atoms with Crippen LogP contribution >= 0.6 is 0 Å². The average molecular weight is 232 g/mol. The number of ether oxygens (including phenoxy) is 4. The highest BCUT2D eigenvalue weighted by Gasteiger charge is 2.54. The van der Waals surface area contributed by atoms with Gasteiger partial charge in [0.1, 0.15) is 6.10 Å². The molecule has 2 saturated heterocycles. The molecule has 1 unspecified atom stereocenters. The lowest BCUT2D eigenvalue weighted by atomic mass is 10.2. The Hall–Kier alpha value is -0.530. The Morgan fingerprint density at radius 3 is 2.75 bits per heavy atom. The summed E-state index contributed by atoms with van der Waals surface area (Å²) in [6, 6.07) is 0. The third-order valence-corrected chi connectivity index (χ3v) is 2.44. The van der Waals surface area contributed by atoms with E-state index in [-0.39, 0.29) is 12.4 Å². The van der Waals surface area contributed by atoms with Gasteiger partial charge in [0.05, 0.1) is 6.61 Å². The average Bonchev–Trinajstić information content (AvgIpc) is 2.58. The van der Waals surface area contributed by atoms with Gasteiger partial charge in [-0.05, 0) is 20.8 Å². The van der Waals surface area contributed by atoms with Crippen molar-refractivity contribution in [2.45, 2.75) is 51.3 Å². The molecule has 0 aromatic rings. The van der Waals surface area contributed by atoms with Gasteiger partial charge in [0, 0.05) is 0 Å². The third kappa shape index (κ3) is 2.26. The summed E-state index contributed by atoms with van der Waals surface area (Å²) in [5.74, 6) is -0.989. The second-order valence-electron chi connectivity index (χ2n) is 4.38. The van der Waals surface area contributed by atoms with Gasteiger partial charge in [-0.15, -0.1) is 0 Å². The Morgan fingerprint density at radius 2 is 2.19 bits per heavy atom. The van der Waals surface area contributed by atoms with Crippen LogP contribution in [0.1, 0.15) is 20.8 Å². The third-order valence-electron chi connectivity index (χ3n) is 2.44. The molecule has 0 radical (unpaired) electrons. The lowest BCUT2D eigenvalue weighted by molar-refractivity contribution is -0.214. The molecule has 92 valence electrons. The van der Waals surface area contributed by atoms with Crippen molar-refractivity contribution < 1.29 is 28.8 Å². The van der Waals surface area contributed by atoms with Gasteiger partial charge in [-0.1, -0.05) is 0 Å². The fraction of sp³-hybridized carbons (Fsp3) is 0.900. The van der Waals surface area contributed by atoms with Gasteiger partial charge in [-0.3, -0.25) is 4.79 Å². The summed E-state index contributed by atoms with van der Waals surface area (Å²) < 4.78 is 21.1. The van der Waals surface area contributed by atoms with Crippen LogP contribution in [-0.4, -0.2) is 48.1 Å². The van der Waals surface area contributed by atoms with E-state index >= 15 is 0 Å². The van der Waals surface area contributed by atoms with Crippen molar-refractivity contribution in [3.8, 4) is 0 Å². The molecule has 2 heterocycles. The quantitative estimate of drug-likeness (QED) is 0.678. The second-order valence-corrected chi connectivity index (χ2v) is 4.38. The van der Waals surface area contributed by atoms with E-state index in [4.69, 9.17) is 24.1 Å². The molecule has 2 aliphatic rings. The minimum Gasteiger partial charge on any atom is -0.368 e. The Kier molecular flexibility index (Phi) is 3.02. The molecule has 1 N–H and O–H groups in total. The molecule has 0 saturated carbocycles. The first-order valence-corrected chi connectivity index (χ1v) is 5.23. The number of ketones is 1. The number of rotatable bonds is 3. The summed E-state index contributed by atoms with van der Waals surface area (Å²) in [5.41, 5.74) is 0. The van der Waals surface area contributed by atoms with Crippen LogP contribution < -0.4 is 0 Å². The van der Waals surface area contributed by atoms with Crippen LogP contribution in [0.5, 0.6) is 0 Å². The summed E-state index contributed by atoms with van der Waals surface area (Å²) >= 11 is 0. The van der Waals surface area contributed by atoms with Crippen molar-refractivity contribution in [2.24, 2.45) is 0 Å². The molecule has 0 bridgehead atoms. The van der Waals surface area contributed by atoms with Gasteiger partial charge in [-0.2, -0.15) is 0 Å². The largest absolute Gasteiger partial charge is 0.368 e. The summed E-state index contributed by atoms with van der Waals surface area (Å²) in [6.45, 7) is 4.93. The molecule has 0 aromatic carbocycles. The van der Waals surface area contributed by atoms with Crippen LogP contribution in [0.25, 0.3) is 0 Å². The number of carbonyl (C=O) groups excluding carboxylic acids is 1. The van der Waals surface area contributed by atoms with Gasteiger partial charge in [0.25, 0.3) is 0 Å². The molecule has 0 amide bonds. The molecule has 2 fully saturated rings. The molecule has 4 atom stereocenters. The van der Waals surface area contributed by atoms with Crippen LogP contribution in [0.2, 0.25) is 0 Å². The maximum Gasteiger partial charge on any atom is 0.198 e. The van der Waals surface area contributed by atoms with E-state index in [1.165, 1.54) is 6.92 Å². The lowest BCUT2D eigenvalue weighted by Gasteiger charge is -2.20. The zero-order valence-corrected chi connectivity index (χ0v) is 9.50. The van der Waals surface area contributed by atoms with E-state index in [0.717, 1.165) is 0 Å². The highest BCUT2D eigenvalue weighted by Crippen LogP contribution is 2.35. The minimum atomic E-state index is -0.921. The van der Waals surface area contributed by atoms with Crippen molar-refractivity contribution >= 4 is 5.78 Å². The summed E-state index contributed by atoms with van der Waals surface area (Å²) in [7, 11) is 0. The molecule has 0 aliphatic carbocycles. The molecule has 0 aromatic heterocycles. The van der Waals surface area contributed by atoms with E-state index in [9.17, 15) is 4.79 Å². The first-order chi connectivity index (χ1) is 7.39. The van der Waals surface area contributed by atoms with Gasteiger partial charge < -0.3 is 24.1 Å². The maximum absolute atomic E-state index is 11.8. The number of Topliss-reactive ketones (excluding diaryl/α,β-unsaturated/α-hetero) is 1. The number of hydrogen-bond donors (Lipinski definition) is 1. The molecule has 2 rings (SSSR count). The number of aliphatic hydroxyl groups is 1. The lowest BCUT2D eigenvalue weighted by Crippen LogP contribution is -2.33. The molecule has 6 nitrogen and oxygen atoms in total. The Balaban J connectivity index is 1.92. The van der Waals surface area contributed by atoms with E-state index in [1.807, 2.05) is 0 Å². The molecule has 0 spiro atoms. The van der Waals surface area contributed by atoms with Crippen molar-refractivity contribution in [1.82, 2.24) is 0 Å². The highest BCUT2D eigenvalue weighted by atomic mass is 16.8. The monoisotopic (exact) mass is 232 g/mol. The molecule has 6 heteroatoms. The predicted octanol–water partition coefficient (Wildman–Crippen LogP) is -0.213. The number of aliphatic hydroxyl groups excluding tert-OH is 1. The first kappa shape index (κ1) is 11.9. The van der Waals surface area contributed by atoms with Gasteiger partial charge in [0.15, 0.2) is 30.3 Å². The van der Waals surface area contributed by atoms with Crippen LogP contribution in [0.15, 0.2) is 0 Å². The van der Waals surface area contributed by atoms with Crippen molar-refractivity contribution in [2.75, 3.05) is 6.61 Å². The number of carbonyl (C=O) groups is 1. The zero-order chi connectivity index (χ0) is 11.9. The molecular formula is C10H16O6. The SMILES string of the molecule is CC(O)OC[C@H]1O[C@@H]2OC(C)(C)O[C@@H]2C1=O. The maximum atomic E-state index is 11.8. The van der Waals surface area contributed by atoms with E-state index < -0.39 is 30.6 Å². The standard InChI is InChI=1S/C10H16O6/c1-5(11)13-4-6-7(12)8-9(14-6)16-10(2,3)15-8/h5-6,8-9,11H,4H2,1-3H3/t5?,6-,8-,9-/m1/s1. The van der Waals surface area contributed by atoms with Gasteiger partial charge in [-0.25, -0.2) is 0 Å². The Morgan fingerprint density at radius 1 is 1.50 bits per heavy atom. The normalized spacial score (nSPS) is 38.8. The van der Waals surface area contributed by atoms with E-state index in [2.05, 4.69) is 0 Å². The zero-order valence-electron chi connectivity index (χ0n) is 9.50. The molecule has 2 aliphatic heterocycles. The van der Waals surface area contributed by atoms with Gasteiger partial charge >= 0.3 is 0 Å². The van der Waals surface area contributed by atoms with Gasteiger partial charge in [0.2, 0.25) is 0 Å². The molecular weight excluding hydrogens is 216 g/mol. The van der Waals surface area contributed by atoms with Crippen LogP contribution in [0.3, 0.4) is 0 Å². The van der Waals surface area contributed by atoms with Crippen LogP contribution in [0, 0.1) is 0 Å². The second kappa shape index (κ2) is 4.05. The van der Waals surface area contributed by atoms with Crippen LogP contribution in [0.4, 0.5) is 0 Å². The minimum absolute atomic E-state index is 0.0106. The smallest absolute Gasteiger partial charge is 0.198 e. The Bertz CT molecular complexity index is 287. The van der Waals surface area contributed by atoms with Crippen LogP contribution in [-0.2, 0) is 23.7 Å².